The lowest BCUT2D eigenvalue weighted by Gasteiger charge is -2.36. The largest absolute Gasteiger partial charge is 0.484 e. The highest BCUT2D eigenvalue weighted by molar-refractivity contribution is 5.87. The van der Waals surface area contributed by atoms with Crippen LogP contribution in [0.3, 0.4) is 0 Å². The number of hydrogen-bond donors (Lipinski definition) is 2. The van der Waals surface area contributed by atoms with Gasteiger partial charge in [-0.3, -0.25) is 4.79 Å². The Balaban J connectivity index is 0.00000242. The quantitative estimate of drug-likeness (QED) is 0.867. The molecule has 1 aliphatic carbocycles. The minimum atomic E-state index is -4.36. The fourth-order valence-electron chi connectivity index (χ4n) is 2.01. The molecule has 0 aromatic heterocycles. The normalized spacial score (nSPS) is 16.2. The van der Waals surface area contributed by atoms with E-state index in [2.05, 4.69) is 10.1 Å². The molecule has 0 unspecified atom stereocenters. The monoisotopic (exact) mass is 338 g/mol. The first-order valence-corrected chi connectivity index (χ1v) is 6.64. The van der Waals surface area contributed by atoms with Crippen LogP contribution in [0.15, 0.2) is 24.3 Å². The van der Waals surface area contributed by atoms with Gasteiger partial charge in [-0.15, -0.1) is 12.4 Å². The van der Waals surface area contributed by atoms with E-state index in [1.807, 2.05) is 0 Å². The zero-order valence-corrected chi connectivity index (χ0v) is 12.6. The van der Waals surface area contributed by atoms with Crippen LogP contribution < -0.4 is 15.8 Å². The minimum absolute atomic E-state index is 0. The highest BCUT2D eigenvalue weighted by Crippen LogP contribution is 2.29. The summed E-state index contributed by atoms with van der Waals surface area (Å²) in [5, 5.41) is 2.73. The van der Waals surface area contributed by atoms with Crippen LogP contribution >= 0.6 is 12.4 Å². The van der Waals surface area contributed by atoms with E-state index in [1.54, 1.807) is 12.1 Å². The van der Waals surface area contributed by atoms with E-state index in [1.165, 1.54) is 12.1 Å². The van der Waals surface area contributed by atoms with Crippen molar-refractivity contribution in [1.82, 2.24) is 5.32 Å². The number of amides is 1. The first-order chi connectivity index (χ1) is 9.78. The molecular formula is C14H18ClF3N2O2. The lowest BCUT2D eigenvalue weighted by Crippen LogP contribution is -2.58. The van der Waals surface area contributed by atoms with Gasteiger partial charge >= 0.3 is 6.18 Å². The summed E-state index contributed by atoms with van der Waals surface area (Å²) < 4.78 is 40.6. The third-order valence-corrected chi connectivity index (χ3v) is 3.48. The average molecular weight is 339 g/mol. The van der Waals surface area contributed by atoms with E-state index in [9.17, 15) is 18.0 Å². The third-order valence-electron chi connectivity index (χ3n) is 3.48. The van der Waals surface area contributed by atoms with Gasteiger partial charge in [-0.25, -0.2) is 0 Å². The van der Waals surface area contributed by atoms with E-state index >= 15 is 0 Å². The van der Waals surface area contributed by atoms with Gasteiger partial charge < -0.3 is 15.8 Å². The predicted molar refractivity (Wildman–Crippen MR) is 77.9 cm³/mol. The van der Waals surface area contributed by atoms with Crippen LogP contribution in [0.4, 0.5) is 13.2 Å². The van der Waals surface area contributed by atoms with E-state index in [0.717, 1.165) is 12.0 Å². The van der Waals surface area contributed by atoms with E-state index < -0.39 is 18.3 Å². The second-order valence-electron chi connectivity index (χ2n) is 5.24. The molecule has 1 aliphatic rings. The van der Waals surface area contributed by atoms with Crippen molar-refractivity contribution in [3.05, 3.63) is 29.8 Å². The molecule has 0 saturated heterocycles. The Morgan fingerprint density at radius 1 is 1.27 bits per heavy atom. The van der Waals surface area contributed by atoms with Crippen LogP contribution in [-0.2, 0) is 11.3 Å². The molecule has 1 aromatic carbocycles. The first-order valence-electron chi connectivity index (χ1n) is 6.64. The van der Waals surface area contributed by atoms with Crippen molar-refractivity contribution in [3.63, 3.8) is 0 Å². The Bertz CT molecular complexity index is 502. The molecule has 1 amide bonds. The summed E-state index contributed by atoms with van der Waals surface area (Å²) in [6, 6.07) is 6.09. The van der Waals surface area contributed by atoms with Gasteiger partial charge in [0.15, 0.2) is 6.61 Å². The molecule has 8 heteroatoms. The van der Waals surface area contributed by atoms with Crippen LogP contribution in [0.25, 0.3) is 0 Å². The van der Waals surface area contributed by atoms with Crippen LogP contribution in [0.2, 0.25) is 0 Å². The summed E-state index contributed by atoms with van der Waals surface area (Å²) in [4.78, 5) is 11.8. The third kappa shape index (κ3) is 5.06. The van der Waals surface area contributed by atoms with Crippen LogP contribution in [0.1, 0.15) is 24.8 Å². The minimum Gasteiger partial charge on any atom is -0.484 e. The highest BCUT2D eigenvalue weighted by atomic mass is 35.5. The summed E-state index contributed by atoms with van der Waals surface area (Å²) in [5.41, 5.74) is 5.89. The Morgan fingerprint density at radius 3 is 2.32 bits per heavy atom. The summed E-state index contributed by atoms with van der Waals surface area (Å²) >= 11 is 0. The van der Waals surface area contributed by atoms with Gasteiger partial charge in [-0.1, -0.05) is 12.1 Å². The molecule has 2 rings (SSSR count). The van der Waals surface area contributed by atoms with E-state index in [0.29, 0.717) is 12.8 Å². The van der Waals surface area contributed by atoms with Gasteiger partial charge in [-0.05, 0) is 37.0 Å². The van der Waals surface area contributed by atoms with Gasteiger partial charge in [0.1, 0.15) is 5.75 Å². The number of halogens is 4. The number of alkyl halides is 3. The molecule has 3 N–H and O–H groups in total. The molecule has 1 saturated carbocycles. The van der Waals surface area contributed by atoms with Crippen molar-refractivity contribution in [2.24, 2.45) is 5.73 Å². The van der Waals surface area contributed by atoms with Crippen LogP contribution in [0.5, 0.6) is 5.75 Å². The molecule has 0 heterocycles. The Hall–Kier alpha value is -1.47. The molecule has 0 atom stereocenters. The molecule has 1 aromatic rings. The molecule has 0 spiro atoms. The lowest BCUT2D eigenvalue weighted by molar-refractivity contribution is -0.153. The maximum atomic E-state index is 12.0. The first kappa shape index (κ1) is 18.6. The number of rotatable bonds is 5. The molecule has 0 bridgehead atoms. The Labute approximate surface area is 132 Å². The number of benzene rings is 1. The second-order valence-corrected chi connectivity index (χ2v) is 5.24. The maximum absolute atomic E-state index is 12.0. The molecular weight excluding hydrogens is 321 g/mol. The number of nitrogens with one attached hydrogen (secondary N) is 1. The molecule has 1 fully saturated rings. The summed E-state index contributed by atoms with van der Waals surface area (Å²) in [7, 11) is 0. The molecule has 22 heavy (non-hydrogen) atoms. The lowest BCUT2D eigenvalue weighted by atomic mass is 9.77. The zero-order valence-electron chi connectivity index (χ0n) is 11.8. The van der Waals surface area contributed by atoms with Crippen LogP contribution in [0, 0.1) is 0 Å². The standard InChI is InChI=1S/C14H17F3N2O2.ClH/c15-14(16,17)9-21-11-4-2-10(3-5-11)8-19-12(20)13(18)6-1-7-13;/h2-5H,1,6-9,18H2,(H,19,20);1H. The topological polar surface area (TPSA) is 64.4 Å². The Kier molecular flexibility index (Phi) is 6.08. The van der Waals surface area contributed by atoms with Crippen molar-refractivity contribution in [3.8, 4) is 5.75 Å². The van der Waals surface area contributed by atoms with Crippen molar-refractivity contribution in [2.45, 2.75) is 37.5 Å². The fraction of sp³-hybridized carbons (Fsp3) is 0.500. The SMILES string of the molecule is Cl.NC1(C(=O)NCc2ccc(OCC(F)(F)F)cc2)CCC1. The number of nitrogens with two attached hydrogens (primary N) is 1. The van der Waals surface area contributed by atoms with Gasteiger partial charge in [-0.2, -0.15) is 13.2 Å². The number of carbonyl (C=O) groups excluding carboxylic acids is 1. The molecule has 0 radical (unpaired) electrons. The molecule has 4 nitrogen and oxygen atoms in total. The predicted octanol–water partition coefficient (Wildman–Crippen LogP) is 2.55. The molecule has 124 valence electrons. The van der Waals surface area contributed by atoms with Crippen molar-refractivity contribution < 1.29 is 22.7 Å². The number of hydrogen-bond acceptors (Lipinski definition) is 3. The van der Waals surface area contributed by atoms with Gasteiger partial charge in [0.2, 0.25) is 5.91 Å². The summed E-state index contributed by atoms with van der Waals surface area (Å²) in [6.07, 6.45) is -2.04. The zero-order chi connectivity index (χ0) is 15.5. The van der Waals surface area contributed by atoms with Gasteiger partial charge in [0, 0.05) is 6.54 Å². The van der Waals surface area contributed by atoms with Gasteiger partial charge in [0.05, 0.1) is 5.54 Å². The van der Waals surface area contributed by atoms with E-state index in [4.69, 9.17) is 5.73 Å². The van der Waals surface area contributed by atoms with Crippen molar-refractivity contribution in [1.29, 1.82) is 0 Å². The summed E-state index contributed by atoms with van der Waals surface area (Å²) in [6.45, 7) is -1.03. The number of carbonyl (C=O) groups is 1. The average Bonchev–Trinajstić information content (AvgIpc) is 2.40. The number of ether oxygens (including phenoxy) is 1. The van der Waals surface area contributed by atoms with E-state index in [-0.39, 0.29) is 30.6 Å². The van der Waals surface area contributed by atoms with Crippen molar-refractivity contribution >= 4 is 18.3 Å². The maximum Gasteiger partial charge on any atom is 0.422 e. The fourth-order valence-corrected chi connectivity index (χ4v) is 2.01. The van der Waals surface area contributed by atoms with Crippen LogP contribution in [-0.4, -0.2) is 24.2 Å². The molecule has 0 aliphatic heterocycles. The van der Waals surface area contributed by atoms with Gasteiger partial charge in [0.25, 0.3) is 0 Å². The summed E-state index contributed by atoms with van der Waals surface area (Å²) in [5.74, 6) is -0.0529. The highest BCUT2D eigenvalue weighted by Gasteiger charge is 2.39. The Morgan fingerprint density at radius 2 is 1.86 bits per heavy atom. The smallest absolute Gasteiger partial charge is 0.422 e. The second kappa shape index (κ2) is 7.19. The van der Waals surface area contributed by atoms with Crippen molar-refractivity contribution in [2.75, 3.05) is 6.61 Å².